The number of nitrogens with zero attached hydrogens (tertiary/aromatic N) is 2. The van der Waals surface area contributed by atoms with Crippen molar-refractivity contribution in [1.82, 2.24) is 0 Å². The Hall–Kier alpha value is -8.92. The molecule has 3 heteroatoms. The fourth-order valence-electron chi connectivity index (χ4n) is 14.9. The van der Waals surface area contributed by atoms with E-state index in [4.69, 9.17) is 0 Å². The van der Waals surface area contributed by atoms with Gasteiger partial charge in [0.15, 0.2) is 0 Å². The predicted octanol–water partition coefficient (Wildman–Crippen LogP) is 15.1. The van der Waals surface area contributed by atoms with Gasteiger partial charge in [0.05, 0.1) is 0 Å². The van der Waals surface area contributed by atoms with Gasteiger partial charge < -0.3 is 9.80 Å². The van der Waals surface area contributed by atoms with Crippen LogP contribution < -0.4 is 26.2 Å². The van der Waals surface area contributed by atoms with Crippen LogP contribution in [0.4, 0.5) is 34.1 Å². The first-order chi connectivity index (χ1) is 36.3. The Morgan fingerprint density at radius 3 is 0.973 bits per heavy atom. The lowest BCUT2D eigenvalue weighted by molar-refractivity contribution is 0.756. The number of hydrogen-bond acceptors (Lipinski definition) is 2. The molecule has 73 heavy (non-hydrogen) atoms. The molecule has 0 N–H and O–H groups in total. The summed E-state index contributed by atoms with van der Waals surface area (Å²) in [5, 5.41) is 0. The molecule has 2 aliphatic heterocycles. The summed E-state index contributed by atoms with van der Waals surface area (Å²) in [4.78, 5) is 5.09. The maximum atomic E-state index is 2.55. The van der Waals surface area contributed by atoms with Crippen LogP contribution in [-0.4, -0.2) is 6.71 Å². The number of para-hydroxylation sites is 2. The van der Waals surface area contributed by atoms with Gasteiger partial charge in [0.25, 0.3) is 6.71 Å². The van der Waals surface area contributed by atoms with Gasteiger partial charge in [0, 0.05) is 57.8 Å². The topological polar surface area (TPSA) is 6.48 Å². The van der Waals surface area contributed by atoms with Crippen molar-refractivity contribution in [2.75, 3.05) is 9.80 Å². The molecule has 0 radical (unpaired) electrons. The van der Waals surface area contributed by atoms with Gasteiger partial charge >= 0.3 is 0 Å². The van der Waals surface area contributed by atoms with Crippen LogP contribution in [0.2, 0.25) is 0 Å². The Balaban J connectivity index is 0.881. The first-order valence-corrected chi connectivity index (χ1v) is 26.0. The lowest BCUT2D eigenvalue weighted by Crippen LogP contribution is -2.61. The number of hydrogen-bond donors (Lipinski definition) is 0. The second-order valence-corrected chi connectivity index (χ2v) is 20.9. The van der Waals surface area contributed by atoms with Crippen molar-refractivity contribution < 1.29 is 0 Å². The zero-order chi connectivity index (χ0) is 47.5. The molecule has 338 valence electrons. The monoisotopic (exact) mass is 924 g/mol. The van der Waals surface area contributed by atoms with E-state index in [9.17, 15) is 0 Å². The summed E-state index contributed by atoms with van der Waals surface area (Å²) >= 11 is 0. The first kappa shape index (κ1) is 39.8. The van der Waals surface area contributed by atoms with E-state index in [0.29, 0.717) is 0 Å². The van der Waals surface area contributed by atoms with Crippen LogP contribution in [0.3, 0.4) is 0 Å². The minimum atomic E-state index is -0.00173. The van der Waals surface area contributed by atoms with Gasteiger partial charge in [0.1, 0.15) is 0 Å². The molecule has 6 aliphatic carbocycles. The van der Waals surface area contributed by atoms with Crippen molar-refractivity contribution >= 4 is 57.2 Å². The highest BCUT2D eigenvalue weighted by Crippen LogP contribution is 2.60. The summed E-state index contributed by atoms with van der Waals surface area (Å²) < 4.78 is 0. The molecule has 11 aromatic rings. The standard InChI is InChI=1S/C70H45BN2/c1-3-18-44(19-4-1)72-60-34-17-35-61-70(60)71(58-38-36-42(40-62(58)72)46-30-15-32-56-64-48-22-7-11-26-52(48)68(66(46)56)53-27-12-8-23-49(53)64)59-39-37-43(41-63(59)73(61)45-20-5-2-6-21-45)47-31-16-33-57-65-50-24-9-13-28-54(50)69(67(47)57)55-29-14-10-25-51(55)65/h1-41,64-65,68-69H. The highest BCUT2D eigenvalue weighted by atomic mass is 15.2. The van der Waals surface area contributed by atoms with E-state index in [-0.39, 0.29) is 30.4 Å². The Labute approximate surface area is 426 Å². The number of fused-ring (bicyclic) bond motifs is 4. The quantitative estimate of drug-likeness (QED) is 0.162. The molecule has 0 saturated heterocycles. The van der Waals surface area contributed by atoms with Crippen molar-refractivity contribution in [2.45, 2.75) is 23.7 Å². The molecule has 4 bridgehead atoms. The summed E-state index contributed by atoms with van der Waals surface area (Å²) in [5.41, 5.74) is 33.6. The molecule has 0 amide bonds. The molecular weight excluding hydrogens is 880 g/mol. The zero-order valence-corrected chi connectivity index (χ0v) is 40.0. The van der Waals surface area contributed by atoms with E-state index in [2.05, 4.69) is 259 Å². The lowest BCUT2D eigenvalue weighted by atomic mass is 9.33. The van der Waals surface area contributed by atoms with Gasteiger partial charge in [-0.3, -0.25) is 0 Å². The summed E-state index contributed by atoms with van der Waals surface area (Å²) in [5.74, 6) is 0.781. The second-order valence-electron chi connectivity index (χ2n) is 20.9. The molecule has 8 aliphatic rings. The SMILES string of the molecule is c1ccc(N2c3cc(-c4cccc5c4C4c6ccccc6C5c5ccccc54)ccc3B3c4ccc(-c5cccc6c5C5c7ccccc7C6c6ccccc65)cc4N(c4ccccc4)c4cccc2c43)cc1. The Morgan fingerprint density at radius 1 is 0.260 bits per heavy atom. The van der Waals surface area contributed by atoms with E-state index in [0.717, 1.165) is 11.4 Å². The normalized spacial score (nSPS) is 18.1. The molecule has 0 aromatic heterocycles. The van der Waals surface area contributed by atoms with Gasteiger partial charge in [0.2, 0.25) is 0 Å². The molecule has 2 heterocycles. The average Bonchev–Trinajstić information content (AvgIpc) is 3.47. The summed E-state index contributed by atoms with van der Waals surface area (Å²) in [6.45, 7) is -0.00173. The van der Waals surface area contributed by atoms with Crippen LogP contribution in [0.5, 0.6) is 0 Å². The van der Waals surface area contributed by atoms with Crippen LogP contribution in [-0.2, 0) is 0 Å². The highest BCUT2D eigenvalue weighted by Gasteiger charge is 2.46. The summed E-state index contributed by atoms with van der Waals surface area (Å²) in [7, 11) is 0. The lowest BCUT2D eigenvalue weighted by Gasteiger charge is -2.45. The zero-order valence-electron chi connectivity index (χ0n) is 40.0. The molecule has 2 nitrogen and oxygen atoms in total. The molecule has 0 unspecified atom stereocenters. The van der Waals surface area contributed by atoms with Gasteiger partial charge in [-0.1, -0.05) is 200 Å². The van der Waals surface area contributed by atoms with Gasteiger partial charge in [-0.15, -0.1) is 0 Å². The molecule has 0 saturated carbocycles. The van der Waals surface area contributed by atoms with Crippen LogP contribution in [0.1, 0.15) is 90.4 Å². The van der Waals surface area contributed by atoms with Crippen molar-refractivity contribution in [3.05, 3.63) is 315 Å². The maximum absolute atomic E-state index is 2.55. The Bertz CT molecular complexity index is 3800. The maximum Gasteiger partial charge on any atom is 0.252 e. The number of rotatable bonds is 4. The summed E-state index contributed by atoms with van der Waals surface area (Å²) in [6, 6.07) is 94.8. The molecule has 0 fully saturated rings. The Kier molecular flexibility index (Phi) is 8.07. The van der Waals surface area contributed by atoms with Crippen LogP contribution in [0, 0.1) is 0 Å². The number of anilines is 6. The van der Waals surface area contributed by atoms with Crippen molar-refractivity contribution in [3.8, 4) is 22.3 Å². The molecule has 11 aromatic carbocycles. The first-order valence-electron chi connectivity index (χ1n) is 26.0. The van der Waals surface area contributed by atoms with Crippen molar-refractivity contribution in [1.29, 1.82) is 0 Å². The average molecular weight is 925 g/mol. The second kappa shape index (κ2) is 14.8. The van der Waals surface area contributed by atoms with E-state index in [1.54, 1.807) is 0 Å². The molecule has 19 rings (SSSR count). The minimum Gasteiger partial charge on any atom is -0.311 e. The number of benzene rings is 11. The van der Waals surface area contributed by atoms with Gasteiger partial charge in [-0.25, -0.2) is 0 Å². The smallest absolute Gasteiger partial charge is 0.252 e. The fourth-order valence-corrected chi connectivity index (χ4v) is 14.9. The van der Waals surface area contributed by atoms with Crippen LogP contribution in [0.25, 0.3) is 22.3 Å². The van der Waals surface area contributed by atoms with E-state index in [1.807, 2.05) is 0 Å². The van der Waals surface area contributed by atoms with Gasteiger partial charge in [-0.05, 0) is 154 Å². The van der Waals surface area contributed by atoms with Gasteiger partial charge in [-0.2, -0.15) is 0 Å². The molecule has 0 spiro atoms. The van der Waals surface area contributed by atoms with Crippen molar-refractivity contribution in [3.63, 3.8) is 0 Å². The molecular formula is C70H45BN2. The predicted molar refractivity (Wildman–Crippen MR) is 301 cm³/mol. The van der Waals surface area contributed by atoms with Crippen molar-refractivity contribution in [2.24, 2.45) is 0 Å². The van der Waals surface area contributed by atoms with E-state index >= 15 is 0 Å². The fraction of sp³-hybridized carbons (Fsp3) is 0.0571. The highest BCUT2D eigenvalue weighted by molar-refractivity contribution is 7.00. The summed E-state index contributed by atoms with van der Waals surface area (Å²) in [6.07, 6.45) is 0. The largest absolute Gasteiger partial charge is 0.311 e. The molecule has 0 atom stereocenters. The third-order valence-electron chi connectivity index (χ3n) is 17.6. The van der Waals surface area contributed by atoms with E-state index < -0.39 is 0 Å². The third kappa shape index (κ3) is 5.28. The van der Waals surface area contributed by atoms with Crippen LogP contribution >= 0.6 is 0 Å². The van der Waals surface area contributed by atoms with Crippen LogP contribution in [0.15, 0.2) is 249 Å². The third-order valence-corrected chi connectivity index (χ3v) is 17.6. The minimum absolute atomic E-state index is 0.00173. The Morgan fingerprint density at radius 2 is 0.589 bits per heavy atom. The van der Waals surface area contributed by atoms with E-state index in [1.165, 1.54) is 128 Å².